The minimum atomic E-state index is -0.336. The maximum absolute atomic E-state index is 12.9. The van der Waals surface area contributed by atoms with E-state index in [2.05, 4.69) is 9.97 Å². The Morgan fingerprint density at radius 3 is 2.88 bits per heavy atom. The molecule has 6 heteroatoms. The lowest BCUT2D eigenvalue weighted by Crippen LogP contribution is -2.49. The number of aromatic amines is 1. The molecule has 2 heterocycles. The summed E-state index contributed by atoms with van der Waals surface area (Å²) in [7, 11) is 0. The van der Waals surface area contributed by atoms with Gasteiger partial charge in [0.2, 0.25) is 0 Å². The Kier molecular flexibility index (Phi) is 3.64. The molecular formula is C18H21N3O3. The fourth-order valence-electron chi connectivity index (χ4n) is 4.27. The smallest absolute Gasteiger partial charge is 0.289 e. The first-order chi connectivity index (χ1) is 11.6. The van der Waals surface area contributed by atoms with Gasteiger partial charge in [0.15, 0.2) is 5.82 Å². The normalized spacial score (nSPS) is 27.0. The molecule has 126 valence electrons. The molecule has 0 radical (unpaired) electrons. The number of hydrogen-bond donors (Lipinski definition) is 2. The molecule has 2 aliphatic rings. The highest BCUT2D eigenvalue weighted by Crippen LogP contribution is 2.45. The number of benzene rings is 1. The van der Waals surface area contributed by atoms with Gasteiger partial charge in [-0.2, -0.15) is 0 Å². The van der Waals surface area contributed by atoms with Gasteiger partial charge in [0.25, 0.3) is 11.5 Å². The minimum absolute atomic E-state index is 0.0863. The van der Waals surface area contributed by atoms with Crippen molar-refractivity contribution in [2.45, 2.75) is 38.2 Å². The summed E-state index contributed by atoms with van der Waals surface area (Å²) in [5.41, 5.74) is 0.0548. The van der Waals surface area contributed by atoms with E-state index in [4.69, 9.17) is 0 Å². The molecule has 6 nitrogen and oxygen atoms in total. The van der Waals surface area contributed by atoms with Crippen LogP contribution in [-0.2, 0) is 0 Å². The molecule has 24 heavy (non-hydrogen) atoms. The van der Waals surface area contributed by atoms with E-state index in [-0.39, 0.29) is 28.8 Å². The summed E-state index contributed by atoms with van der Waals surface area (Å²) in [5, 5.41) is 10.8. The van der Waals surface area contributed by atoms with Crippen LogP contribution in [-0.4, -0.2) is 45.1 Å². The maximum atomic E-state index is 12.9. The number of carbonyl (C=O) groups is 1. The Bertz CT molecular complexity index is 847. The number of aliphatic hydroxyl groups is 1. The first-order valence-electron chi connectivity index (χ1n) is 8.55. The number of fused-ring (bicyclic) bond motifs is 1. The number of para-hydroxylation sites is 1. The molecule has 4 rings (SSSR count). The van der Waals surface area contributed by atoms with Crippen molar-refractivity contribution in [3.63, 3.8) is 0 Å². The van der Waals surface area contributed by atoms with E-state index in [1.54, 1.807) is 29.2 Å². The van der Waals surface area contributed by atoms with E-state index in [1.807, 2.05) is 0 Å². The van der Waals surface area contributed by atoms with Crippen molar-refractivity contribution >= 4 is 16.8 Å². The van der Waals surface area contributed by atoms with Crippen LogP contribution >= 0.6 is 0 Å². The zero-order valence-corrected chi connectivity index (χ0v) is 13.5. The second-order valence-corrected chi connectivity index (χ2v) is 7.03. The van der Waals surface area contributed by atoms with Crippen LogP contribution < -0.4 is 5.56 Å². The van der Waals surface area contributed by atoms with Crippen molar-refractivity contribution < 1.29 is 9.90 Å². The van der Waals surface area contributed by atoms with E-state index in [9.17, 15) is 14.7 Å². The summed E-state index contributed by atoms with van der Waals surface area (Å²) in [6.07, 6.45) is 4.28. The van der Waals surface area contributed by atoms with E-state index < -0.39 is 0 Å². The lowest BCUT2D eigenvalue weighted by Gasteiger charge is -2.42. The van der Waals surface area contributed by atoms with Gasteiger partial charge in [-0.05, 0) is 37.8 Å². The number of aromatic nitrogens is 2. The first-order valence-corrected chi connectivity index (χ1v) is 8.55. The molecule has 2 N–H and O–H groups in total. The number of nitrogens with zero attached hydrogens (tertiary/aromatic N) is 2. The van der Waals surface area contributed by atoms with Crippen molar-refractivity contribution in [2.24, 2.45) is 5.41 Å². The lowest BCUT2D eigenvalue weighted by atomic mass is 9.76. The van der Waals surface area contributed by atoms with Crippen LogP contribution in [0.3, 0.4) is 0 Å². The SMILES string of the molecule is O=C(c1nc2ccccc2c(=O)[nH]1)N1CCC[C@]2(CCC[C@H]2O)C1. The van der Waals surface area contributed by atoms with Gasteiger partial charge in [-0.1, -0.05) is 18.6 Å². The Hall–Kier alpha value is -2.21. The van der Waals surface area contributed by atoms with Gasteiger partial charge in [0.05, 0.1) is 17.0 Å². The molecule has 0 unspecified atom stereocenters. The van der Waals surface area contributed by atoms with E-state index >= 15 is 0 Å². The van der Waals surface area contributed by atoms with Gasteiger partial charge in [0.1, 0.15) is 0 Å². The van der Waals surface area contributed by atoms with Crippen LogP contribution in [0.15, 0.2) is 29.1 Å². The monoisotopic (exact) mass is 327 g/mol. The van der Waals surface area contributed by atoms with Gasteiger partial charge in [-0.3, -0.25) is 9.59 Å². The largest absolute Gasteiger partial charge is 0.392 e. The summed E-state index contributed by atoms with van der Waals surface area (Å²) < 4.78 is 0. The van der Waals surface area contributed by atoms with Crippen LogP contribution in [0.4, 0.5) is 0 Å². The van der Waals surface area contributed by atoms with E-state index in [0.717, 1.165) is 32.1 Å². The number of hydrogen-bond acceptors (Lipinski definition) is 4. The summed E-state index contributed by atoms with van der Waals surface area (Å²) in [5.74, 6) is -0.167. The molecule has 1 saturated carbocycles. The lowest BCUT2D eigenvalue weighted by molar-refractivity contribution is -0.00576. The second kappa shape index (κ2) is 5.70. The number of H-pyrrole nitrogens is 1. The van der Waals surface area contributed by atoms with Gasteiger partial charge in [0, 0.05) is 18.5 Å². The molecule has 2 atom stereocenters. The first kappa shape index (κ1) is 15.3. The number of piperidine rings is 1. The molecule has 1 aliphatic carbocycles. The van der Waals surface area contributed by atoms with Crippen LogP contribution in [0.5, 0.6) is 0 Å². The highest BCUT2D eigenvalue weighted by molar-refractivity contribution is 5.92. The number of aliphatic hydroxyl groups excluding tert-OH is 1. The Balaban J connectivity index is 1.65. The summed E-state index contributed by atoms with van der Waals surface area (Å²) >= 11 is 0. The third-order valence-electron chi connectivity index (χ3n) is 5.57. The zero-order chi connectivity index (χ0) is 16.7. The van der Waals surface area contributed by atoms with E-state index in [1.165, 1.54) is 0 Å². The van der Waals surface area contributed by atoms with Crippen LogP contribution in [0.2, 0.25) is 0 Å². The molecule has 0 bridgehead atoms. The summed E-state index contributed by atoms with van der Waals surface area (Å²) in [6, 6.07) is 7.00. The molecule has 2 aromatic rings. The van der Waals surface area contributed by atoms with Crippen molar-refractivity contribution in [1.82, 2.24) is 14.9 Å². The highest BCUT2D eigenvalue weighted by Gasteiger charge is 2.45. The van der Waals surface area contributed by atoms with Gasteiger partial charge >= 0.3 is 0 Å². The van der Waals surface area contributed by atoms with Gasteiger partial charge in [-0.15, -0.1) is 0 Å². The van der Waals surface area contributed by atoms with Gasteiger partial charge < -0.3 is 15.0 Å². The third kappa shape index (κ3) is 2.41. The van der Waals surface area contributed by atoms with Crippen LogP contribution in [0, 0.1) is 5.41 Å². The molecular weight excluding hydrogens is 306 g/mol. The molecule has 1 spiro atoms. The number of carbonyl (C=O) groups excluding carboxylic acids is 1. The molecule has 1 saturated heterocycles. The predicted octanol–water partition coefficient (Wildman–Crippen LogP) is 1.69. The predicted molar refractivity (Wildman–Crippen MR) is 89.8 cm³/mol. The fourth-order valence-corrected chi connectivity index (χ4v) is 4.27. The Morgan fingerprint density at radius 1 is 1.29 bits per heavy atom. The van der Waals surface area contributed by atoms with Crippen molar-refractivity contribution in [2.75, 3.05) is 13.1 Å². The summed E-state index contributed by atoms with van der Waals surface area (Å²) in [4.78, 5) is 33.7. The number of amides is 1. The average Bonchev–Trinajstić information content (AvgIpc) is 2.94. The molecule has 2 fully saturated rings. The fraction of sp³-hybridized carbons (Fsp3) is 0.500. The Labute approximate surface area is 139 Å². The third-order valence-corrected chi connectivity index (χ3v) is 5.57. The number of likely N-dealkylation sites (tertiary alicyclic amines) is 1. The van der Waals surface area contributed by atoms with Crippen LogP contribution in [0.25, 0.3) is 10.9 Å². The van der Waals surface area contributed by atoms with Gasteiger partial charge in [-0.25, -0.2) is 4.98 Å². The molecule has 1 aliphatic heterocycles. The number of rotatable bonds is 1. The highest BCUT2D eigenvalue weighted by atomic mass is 16.3. The molecule has 1 amide bonds. The van der Waals surface area contributed by atoms with Crippen molar-refractivity contribution in [1.29, 1.82) is 0 Å². The summed E-state index contributed by atoms with van der Waals surface area (Å²) in [6.45, 7) is 1.19. The number of nitrogens with one attached hydrogen (secondary N) is 1. The van der Waals surface area contributed by atoms with Crippen LogP contribution in [0.1, 0.15) is 42.7 Å². The van der Waals surface area contributed by atoms with Crippen molar-refractivity contribution in [3.8, 4) is 0 Å². The van der Waals surface area contributed by atoms with E-state index in [0.29, 0.717) is 24.0 Å². The zero-order valence-electron chi connectivity index (χ0n) is 13.5. The molecule has 1 aromatic carbocycles. The maximum Gasteiger partial charge on any atom is 0.289 e. The minimum Gasteiger partial charge on any atom is -0.392 e. The Morgan fingerprint density at radius 2 is 2.08 bits per heavy atom. The van der Waals surface area contributed by atoms with Crippen molar-refractivity contribution in [3.05, 3.63) is 40.4 Å². The average molecular weight is 327 g/mol. The second-order valence-electron chi connectivity index (χ2n) is 7.03. The quantitative estimate of drug-likeness (QED) is 0.834. The standard InChI is InChI=1S/C18H21N3O3/c22-14-7-3-8-18(14)9-4-10-21(11-18)17(24)15-19-13-6-2-1-5-12(13)16(23)20-15/h1-2,5-6,14,22H,3-4,7-11H2,(H,19,20,23)/t14-,18-/m1/s1. The topological polar surface area (TPSA) is 86.3 Å². The molecule has 1 aromatic heterocycles.